The summed E-state index contributed by atoms with van der Waals surface area (Å²) >= 11 is 0. The number of esters is 2. The summed E-state index contributed by atoms with van der Waals surface area (Å²) < 4.78 is 10.5. The topological polar surface area (TPSA) is 93.1 Å². The Hall–Kier alpha value is -2.18. The highest BCUT2D eigenvalue weighted by Crippen LogP contribution is 2.15. The van der Waals surface area contributed by atoms with Gasteiger partial charge in [0, 0.05) is 12.8 Å². The average Bonchev–Trinajstić information content (AvgIpc) is 2.98. The highest BCUT2D eigenvalue weighted by molar-refractivity contribution is 5.70. The average molecular weight is 591 g/mol. The monoisotopic (exact) mass is 590 g/mol. The second-order valence-corrected chi connectivity index (χ2v) is 11.3. The van der Waals surface area contributed by atoms with Crippen molar-refractivity contribution in [1.82, 2.24) is 0 Å². The van der Waals surface area contributed by atoms with Gasteiger partial charge in [-0.1, -0.05) is 134 Å². The lowest BCUT2D eigenvalue weighted by Crippen LogP contribution is -2.28. The van der Waals surface area contributed by atoms with Gasteiger partial charge in [-0.15, -0.1) is 0 Å². The van der Waals surface area contributed by atoms with Crippen molar-refractivity contribution >= 4 is 11.9 Å². The minimum absolute atomic E-state index is 0.109. The fraction of sp³-hybridized carbons (Fsp3) is 0.722. The van der Waals surface area contributed by atoms with Crippen molar-refractivity contribution in [3.63, 3.8) is 0 Å². The fourth-order valence-electron chi connectivity index (χ4n) is 4.28. The molecular weight excluding hydrogens is 528 g/mol. The smallest absolute Gasteiger partial charge is 0.306 e. The molecule has 42 heavy (non-hydrogen) atoms. The molecule has 6 nitrogen and oxygen atoms in total. The van der Waals surface area contributed by atoms with Crippen molar-refractivity contribution in [3.8, 4) is 0 Å². The Morgan fingerprint density at radius 3 is 2.10 bits per heavy atom. The first-order chi connectivity index (χ1) is 20.4. The molecule has 0 saturated heterocycles. The first-order valence-corrected chi connectivity index (χ1v) is 16.7. The van der Waals surface area contributed by atoms with E-state index in [-0.39, 0.29) is 37.7 Å². The van der Waals surface area contributed by atoms with Crippen LogP contribution in [0.15, 0.2) is 48.6 Å². The number of unbranched alkanes of at least 4 members (excludes halogenated alkanes) is 8. The lowest BCUT2D eigenvalue weighted by atomic mass is 10.00. The second-order valence-electron chi connectivity index (χ2n) is 11.3. The van der Waals surface area contributed by atoms with Gasteiger partial charge in [-0.2, -0.15) is 0 Å². The molecule has 0 aliphatic heterocycles. The van der Waals surface area contributed by atoms with Gasteiger partial charge in [-0.3, -0.25) is 9.59 Å². The predicted octanol–water partition coefficient (Wildman–Crippen LogP) is 8.72. The molecule has 0 aromatic rings. The van der Waals surface area contributed by atoms with E-state index in [2.05, 4.69) is 51.2 Å². The van der Waals surface area contributed by atoms with Gasteiger partial charge < -0.3 is 19.7 Å². The Morgan fingerprint density at radius 1 is 0.738 bits per heavy atom. The zero-order valence-electron chi connectivity index (χ0n) is 27.0. The van der Waals surface area contributed by atoms with E-state index in [0.717, 1.165) is 63.7 Å². The van der Waals surface area contributed by atoms with Crippen LogP contribution in [0.5, 0.6) is 0 Å². The van der Waals surface area contributed by atoms with Crippen molar-refractivity contribution in [2.24, 2.45) is 5.92 Å². The maximum absolute atomic E-state index is 12.1. The third-order valence-electron chi connectivity index (χ3n) is 7.27. The molecule has 0 aromatic heterocycles. The molecule has 0 heterocycles. The van der Waals surface area contributed by atoms with Crippen LogP contribution in [-0.2, 0) is 19.1 Å². The molecule has 0 bridgehead atoms. The van der Waals surface area contributed by atoms with Crippen LogP contribution in [0.3, 0.4) is 0 Å². The Bertz CT molecular complexity index is 754. The highest BCUT2D eigenvalue weighted by Gasteiger charge is 2.16. The first-order valence-electron chi connectivity index (χ1n) is 16.7. The Kier molecular flexibility index (Phi) is 28.7. The van der Waals surface area contributed by atoms with Crippen LogP contribution in [0.25, 0.3) is 0 Å². The SMILES string of the molecule is CCCCC[C@@H](O)/C=C/C=C\C/C=C\C/C=C\CCCC(=O)OC[C@H](CO)OC(=O)CCCCCCCCC(C)CC. The molecule has 1 unspecified atom stereocenters. The van der Waals surface area contributed by atoms with Crippen molar-refractivity contribution in [2.75, 3.05) is 13.2 Å². The third-order valence-corrected chi connectivity index (χ3v) is 7.27. The molecule has 242 valence electrons. The van der Waals surface area contributed by atoms with E-state index >= 15 is 0 Å². The second kappa shape index (κ2) is 30.3. The summed E-state index contributed by atoms with van der Waals surface area (Å²) in [6, 6.07) is 0. The molecule has 0 saturated carbocycles. The normalized spacial score (nSPS) is 14.3. The Morgan fingerprint density at radius 2 is 1.38 bits per heavy atom. The molecule has 3 atom stereocenters. The standard InChI is InChI=1S/C36H62O6/c1-4-6-20-26-33(38)27-22-17-12-10-8-7-9-11-13-18-23-28-35(39)41-31-34(30-37)42-36(40)29-24-19-15-14-16-21-25-32(3)5-2/h7-8,11-13,17,22,27,32-34,37-38H,4-6,9-10,14-16,18-21,23-26,28-31H2,1-3H3/b8-7-,13-11-,17-12-,27-22+/t32?,33-,34+/m1/s1. The molecule has 0 aromatic carbocycles. The summed E-state index contributed by atoms with van der Waals surface area (Å²) in [5, 5.41) is 19.3. The van der Waals surface area contributed by atoms with Gasteiger partial charge >= 0.3 is 11.9 Å². The molecule has 6 heteroatoms. The molecule has 0 spiro atoms. The summed E-state index contributed by atoms with van der Waals surface area (Å²) in [4.78, 5) is 24.1. The van der Waals surface area contributed by atoms with Gasteiger partial charge in [0.05, 0.1) is 12.7 Å². The van der Waals surface area contributed by atoms with Crippen molar-refractivity contribution in [3.05, 3.63) is 48.6 Å². The number of ether oxygens (including phenoxy) is 2. The summed E-state index contributed by atoms with van der Waals surface area (Å²) in [6.07, 6.45) is 32.1. The molecule has 0 rings (SSSR count). The van der Waals surface area contributed by atoms with E-state index in [1.54, 1.807) is 0 Å². The third kappa shape index (κ3) is 28.0. The van der Waals surface area contributed by atoms with Gasteiger partial charge in [-0.25, -0.2) is 0 Å². The summed E-state index contributed by atoms with van der Waals surface area (Å²) in [7, 11) is 0. The van der Waals surface area contributed by atoms with E-state index in [9.17, 15) is 19.8 Å². The van der Waals surface area contributed by atoms with E-state index in [1.807, 2.05) is 18.2 Å². The van der Waals surface area contributed by atoms with Crippen LogP contribution in [0.4, 0.5) is 0 Å². The lowest BCUT2D eigenvalue weighted by Gasteiger charge is -2.15. The minimum Gasteiger partial charge on any atom is -0.462 e. The molecule has 2 N–H and O–H groups in total. The van der Waals surface area contributed by atoms with Gasteiger partial charge in [-0.05, 0) is 44.4 Å². The van der Waals surface area contributed by atoms with Crippen LogP contribution < -0.4 is 0 Å². The first kappa shape index (κ1) is 39.8. The number of aliphatic hydroxyl groups excluding tert-OH is 2. The summed E-state index contributed by atoms with van der Waals surface area (Å²) in [5.41, 5.74) is 0. The minimum atomic E-state index is -0.804. The summed E-state index contributed by atoms with van der Waals surface area (Å²) in [5.74, 6) is 0.121. The highest BCUT2D eigenvalue weighted by atomic mass is 16.6. The largest absolute Gasteiger partial charge is 0.462 e. The number of carbonyl (C=O) groups excluding carboxylic acids is 2. The van der Waals surface area contributed by atoms with Crippen LogP contribution in [-0.4, -0.2) is 47.6 Å². The quantitative estimate of drug-likeness (QED) is 0.0410. The zero-order chi connectivity index (χ0) is 31.1. The van der Waals surface area contributed by atoms with E-state index in [1.165, 1.54) is 38.5 Å². The van der Waals surface area contributed by atoms with Gasteiger partial charge in [0.15, 0.2) is 6.10 Å². The number of hydrogen-bond acceptors (Lipinski definition) is 6. The van der Waals surface area contributed by atoms with Crippen LogP contribution in [0.2, 0.25) is 0 Å². The number of allylic oxidation sites excluding steroid dienone is 7. The lowest BCUT2D eigenvalue weighted by molar-refractivity contribution is -0.161. The van der Waals surface area contributed by atoms with E-state index in [4.69, 9.17) is 9.47 Å². The molecule has 0 amide bonds. The zero-order valence-corrected chi connectivity index (χ0v) is 27.0. The number of hydrogen-bond donors (Lipinski definition) is 2. The molecule has 0 radical (unpaired) electrons. The van der Waals surface area contributed by atoms with Crippen molar-refractivity contribution < 1.29 is 29.3 Å². The Labute approximate surface area is 257 Å². The van der Waals surface area contributed by atoms with Crippen LogP contribution in [0, 0.1) is 5.92 Å². The van der Waals surface area contributed by atoms with Crippen LogP contribution in [0.1, 0.15) is 136 Å². The van der Waals surface area contributed by atoms with E-state index < -0.39 is 6.10 Å². The molecule has 0 fully saturated rings. The van der Waals surface area contributed by atoms with Gasteiger partial charge in [0.25, 0.3) is 0 Å². The maximum atomic E-state index is 12.1. The number of carbonyl (C=O) groups is 2. The van der Waals surface area contributed by atoms with Gasteiger partial charge in [0.1, 0.15) is 6.61 Å². The fourth-order valence-corrected chi connectivity index (χ4v) is 4.28. The molecular formula is C36H62O6. The van der Waals surface area contributed by atoms with Gasteiger partial charge in [0.2, 0.25) is 0 Å². The number of rotatable bonds is 28. The van der Waals surface area contributed by atoms with Crippen molar-refractivity contribution in [2.45, 2.75) is 149 Å². The molecule has 0 aliphatic rings. The molecule has 0 aliphatic carbocycles. The van der Waals surface area contributed by atoms with E-state index in [0.29, 0.717) is 12.8 Å². The van der Waals surface area contributed by atoms with Crippen molar-refractivity contribution in [1.29, 1.82) is 0 Å². The Balaban J connectivity index is 3.79. The number of aliphatic hydroxyl groups is 2. The van der Waals surface area contributed by atoms with Crippen LogP contribution >= 0.6 is 0 Å². The summed E-state index contributed by atoms with van der Waals surface area (Å²) in [6.45, 7) is 6.23. The predicted molar refractivity (Wildman–Crippen MR) is 174 cm³/mol. The maximum Gasteiger partial charge on any atom is 0.306 e.